The molecule has 11 heteroatoms. The normalized spacial score (nSPS) is 23.0. The molecule has 0 saturated heterocycles. The van der Waals surface area contributed by atoms with Gasteiger partial charge in [0.05, 0.1) is 18.0 Å². The second-order valence-corrected chi connectivity index (χ2v) is 9.88. The van der Waals surface area contributed by atoms with Gasteiger partial charge < -0.3 is 24.3 Å². The summed E-state index contributed by atoms with van der Waals surface area (Å²) in [6.07, 6.45) is 2.65. The summed E-state index contributed by atoms with van der Waals surface area (Å²) in [5, 5.41) is 3.32. The van der Waals surface area contributed by atoms with Gasteiger partial charge in [-0.2, -0.15) is 8.42 Å². The molecule has 32 heavy (non-hydrogen) atoms. The zero-order valence-corrected chi connectivity index (χ0v) is 19.8. The standard InChI is InChI=1S/C21H31N5O5S/c1-14-9-22-15(2)12-31-18-7-6-16(24-32(28,29)20-11-25(3)13-23-20)8-17(18)21(27)26(4)10-19(14)30-5/h6-8,11,13-15,19,22,24H,9-10,12H2,1-5H3/t14-,15-,19+/m0/s1. The Kier molecular flexibility index (Phi) is 7.42. The van der Waals surface area contributed by atoms with E-state index >= 15 is 0 Å². The van der Waals surface area contributed by atoms with Gasteiger partial charge in [0.1, 0.15) is 12.4 Å². The number of nitrogens with zero attached hydrogens (tertiary/aromatic N) is 3. The minimum atomic E-state index is -3.90. The molecule has 3 atom stereocenters. The predicted octanol–water partition coefficient (Wildman–Crippen LogP) is 1.31. The number of nitrogens with one attached hydrogen (secondary N) is 2. The SMILES string of the molecule is CO[C@@H]1CN(C)C(=O)c2cc(NS(=O)(=O)c3cn(C)cn3)ccc2OC[C@H](C)NC[C@@H]1C. The van der Waals surface area contributed by atoms with Gasteiger partial charge in [0.2, 0.25) is 0 Å². The molecule has 0 spiro atoms. The fraction of sp³-hybridized carbons (Fsp3) is 0.524. The van der Waals surface area contributed by atoms with Crippen LogP contribution >= 0.6 is 0 Å². The molecular weight excluding hydrogens is 434 g/mol. The first-order valence-corrected chi connectivity index (χ1v) is 11.9. The quantitative estimate of drug-likeness (QED) is 0.700. The topological polar surface area (TPSA) is 115 Å². The van der Waals surface area contributed by atoms with E-state index in [9.17, 15) is 13.2 Å². The average molecular weight is 466 g/mol. The van der Waals surface area contributed by atoms with Gasteiger partial charge >= 0.3 is 0 Å². The van der Waals surface area contributed by atoms with E-state index < -0.39 is 10.0 Å². The van der Waals surface area contributed by atoms with Crippen molar-refractivity contribution in [3.8, 4) is 5.75 Å². The molecule has 0 aliphatic carbocycles. The fourth-order valence-electron chi connectivity index (χ4n) is 3.46. The van der Waals surface area contributed by atoms with Crippen LogP contribution in [0, 0.1) is 5.92 Å². The largest absolute Gasteiger partial charge is 0.491 e. The van der Waals surface area contributed by atoms with Gasteiger partial charge in [0.15, 0.2) is 5.03 Å². The van der Waals surface area contributed by atoms with Crippen molar-refractivity contribution < 1.29 is 22.7 Å². The van der Waals surface area contributed by atoms with Crippen molar-refractivity contribution in [3.63, 3.8) is 0 Å². The van der Waals surface area contributed by atoms with Crippen LogP contribution in [0.1, 0.15) is 24.2 Å². The van der Waals surface area contributed by atoms with E-state index in [1.54, 1.807) is 42.8 Å². The summed E-state index contributed by atoms with van der Waals surface area (Å²) in [6.45, 7) is 5.54. The molecule has 0 radical (unpaired) electrons. The molecule has 2 N–H and O–H groups in total. The van der Waals surface area contributed by atoms with Gasteiger partial charge in [-0.3, -0.25) is 9.52 Å². The van der Waals surface area contributed by atoms with Crippen molar-refractivity contribution in [2.45, 2.75) is 31.0 Å². The van der Waals surface area contributed by atoms with Crippen LogP contribution in [0.15, 0.2) is 35.7 Å². The summed E-state index contributed by atoms with van der Waals surface area (Å²) >= 11 is 0. The Morgan fingerprint density at radius 2 is 2.03 bits per heavy atom. The lowest BCUT2D eigenvalue weighted by Crippen LogP contribution is -2.44. The Balaban J connectivity index is 1.93. The molecule has 1 amide bonds. The smallest absolute Gasteiger partial charge is 0.280 e. The highest BCUT2D eigenvalue weighted by Crippen LogP contribution is 2.27. The number of sulfonamides is 1. The van der Waals surface area contributed by atoms with Crippen LogP contribution in [0.4, 0.5) is 5.69 Å². The van der Waals surface area contributed by atoms with Crippen molar-refractivity contribution in [1.29, 1.82) is 0 Å². The highest BCUT2D eigenvalue weighted by molar-refractivity contribution is 7.92. The van der Waals surface area contributed by atoms with Gasteiger partial charge in [0, 0.05) is 52.2 Å². The molecule has 10 nitrogen and oxygen atoms in total. The number of likely N-dealkylation sites (N-methyl/N-ethyl adjacent to an activating group) is 1. The van der Waals surface area contributed by atoms with Crippen LogP contribution in [-0.2, 0) is 21.8 Å². The van der Waals surface area contributed by atoms with Crippen molar-refractivity contribution in [2.24, 2.45) is 13.0 Å². The third-order valence-electron chi connectivity index (χ3n) is 5.43. The molecule has 2 heterocycles. The third kappa shape index (κ3) is 5.59. The number of aromatic nitrogens is 2. The number of carbonyl (C=O) groups is 1. The zero-order chi connectivity index (χ0) is 23.5. The molecule has 0 saturated carbocycles. The number of carbonyl (C=O) groups excluding carboxylic acids is 1. The Hall–Kier alpha value is -2.63. The van der Waals surface area contributed by atoms with Crippen LogP contribution in [0.2, 0.25) is 0 Å². The van der Waals surface area contributed by atoms with Crippen LogP contribution in [-0.4, -0.2) is 74.8 Å². The summed E-state index contributed by atoms with van der Waals surface area (Å²) < 4.78 is 40.9. The molecule has 1 aromatic carbocycles. The lowest BCUT2D eigenvalue weighted by Gasteiger charge is -2.30. The van der Waals surface area contributed by atoms with Gasteiger partial charge in [0.25, 0.3) is 15.9 Å². The summed E-state index contributed by atoms with van der Waals surface area (Å²) in [6, 6.07) is 4.71. The number of rotatable bonds is 4. The van der Waals surface area contributed by atoms with E-state index in [4.69, 9.17) is 9.47 Å². The first-order chi connectivity index (χ1) is 15.1. The summed E-state index contributed by atoms with van der Waals surface area (Å²) in [7, 11) is 1.11. The zero-order valence-electron chi connectivity index (χ0n) is 19.0. The number of anilines is 1. The maximum absolute atomic E-state index is 13.3. The van der Waals surface area contributed by atoms with E-state index in [0.29, 0.717) is 18.9 Å². The van der Waals surface area contributed by atoms with Gasteiger partial charge in [-0.15, -0.1) is 0 Å². The highest BCUT2D eigenvalue weighted by atomic mass is 32.2. The molecule has 1 aliphatic rings. The lowest BCUT2D eigenvalue weighted by atomic mass is 10.0. The summed E-state index contributed by atoms with van der Waals surface area (Å²) in [4.78, 5) is 18.7. The van der Waals surface area contributed by atoms with E-state index in [1.807, 2.05) is 6.92 Å². The number of ether oxygens (including phenoxy) is 2. The van der Waals surface area contributed by atoms with Gasteiger partial charge in [-0.1, -0.05) is 6.92 Å². The first-order valence-electron chi connectivity index (χ1n) is 10.4. The predicted molar refractivity (Wildman–Crippen MR) is 120 cm³/mol. The molecule has 1 aliphatic heterocycles. The Morgan fingerprint density at radius 1 is 1.28 bits per heavy atom. The minimum absolute atomic E-state index is 0.0531. The molecule has 3 rings (SSSR count). The van der Waals surface area contributed by atoms with E-state index in [2.05, 4.69) is 21.9 Å². The number of hydrogen-bond donors (Lipinski definition) is 2. The Morgan fingerprint density at radius 3 is 2.69 bits per heavy atom. The molecule has 0 fully saturated rings. The van der Waals surface area contributed by atoms with E-state index in [-0.39, 0.29) is 40.2 Å². The maximum atomic E-state index is 13.3. The van der Waals surface area contributed by atoms with Crippen LogP contribution < -0.4 is 14.8 Å². The van der Waals surface area contributed by atoms with Crippen molar-refractivity contribution >= 4 is 21.6 Å². The number of hydrogen-bond acceptors (Lipinski definition) is 7. The third-order valence-corrected chi connectivity index (χ3v) is 6.70. The monoisotopic (exact) mass is 465 g/mol. The molecule has 0 unspecified atom stereocenters. The maximum Gasteiger partial charge on any atom is 0.280 e. The minimum Gasteiger partial charge on any atom is -0.491 e. The van der Waals surface area contributed by atoms with Gasteiger partial charge in [-0.05, 0) is 31.0 Å². The number of fused-ring (bicyclic) bond motifs is 1. The van der Waals surface area contributed by atoms with Crippen LogP contribution in [0.3, 0.4) is 0 Å². The van der Waals surface area contributed by atoms with Crippen LogP contribution in [0.5, 0.6) is 5.75 Å². The van der Waals surface area contributed by atoms with E-state index in [0.717, 1.165) is 6.54 Å². The fourth-order valence-corrected chi connectivity index (χ4v) is 4.49. The second-order valence-electron chi connectivity index (χ2n) is 8.25. The Labute approximate surface area is 189 Å². The number of imidazole rings is 1. The Bertz CT molecular complexity index is 1050. The lowest BCUT2D eigenvalue weighted by molar-refractivity contribution is 0.0281. The van der Waals surface area contributed by atoms with Crippen molar-refractivity contribution in [2.75, 3.05) is 38.6 Å². The molecule has 176 valence electrons. The summed E-state index contributed by atoms with van der Waals surface area (Å²) in [5.41, 5.74) is 0.513. The molecule has 2 aromatic rings. The van der Waals surface area contributed by atoms with Gasteiger partial charge in [-0.25, -0.2) is 4.98 Å². The molecular formula is C21H31N5O5S. The number of methoxy groups -OCH3 is 1. The van der Waals surface area contributed by atoms with E-state index in [1.165, 1.54) is 18.6 Å². The second kappa shape index (κ2) is 9.88. The first kappa shape index (κ1) is 24.0. The van der Waals surface area contributed by atoms with Crippen LogP contribution in [0.25, 0.3) is 0 Å². The molecule has 1 aromatic heterocycles. The number of aryl methyl sites for hydroxylation is 1. The summed E-state index contributed by atoms with van der Waals surface area (Å²) in [5.74, 6) is 0.279. The van der Waals surface area contributed by atoms with Crippen molar-refractivity contribution in [3.05, 3.63) is 36.3 Å². The van der Waals surface area contributed by atoms with Crippen molar-refractivity contribution in [1.82, 2.24) is 19.8 Å². The highest BCUT2D eigenvalue weighted by Gasteiger charge is 2.26. The number of benzene rings is 1. The number of amides is 1. The average Bonchev–Trinajstić information content (AvgIpc) is 3.20. The molecule has 0 bridgehead atoms.